The Morgan fingerprint density at radius 1 is 1.30 bits per heavy atom. The molecular weight excluding hydrogens is 280 g/mol. The minimum Gasteiger partial charge on any atom is -0.481 e. The lowest BCUT2D eigenvalue weighted by atomic mass is 10.1. The maximum Gasteiger partial charge on any atom is 0.339 e. The first kappa shape index (κ1) is 14.6. The van der Waals surface area contributed by atoms with Gasteiger partial charge in [0.2, 0.25) is 0 Å². The van der Waals surface area contributed by atoms with Gasteiger partial charge in [0.05, 0.1) is 5.02 Å². The molecule has 0 aliphatic carbocycles. The number of ketones is 1. The lowest BCUT2D eigenvalue weighted by Crippen LogP contribution is -2.20. The van der Waals surface area contributed by atoms with Gasteiger partial charge in [-0.2, -0.15) is 0 Å². The Hall–Kier alpha value is -1.81. The van der Waals surface area contributed by atoms with Gasteiger partial charge >= 0.3 is 5.63 Å². The van der Waals surface area contributed by atoms with Crippen molar-refractivity contribution in [3.05, 3.63) is 38.7 Å². The fourth-order valence-corrected chi connectivity index (χ4v) is 2.02. The molecule has 2 rings (SSSR count). The van der Waals surface area contributed by atoms with Crippen LogP contribution >= 0.6 is 11.6 Å². The summed E-state index contributed by atoms with van der Waals surface area (Å²) in [5.74, 6) is 0.218. The monoisotopic (exact) mass is 294 g/mol. The molecule has 5 heteroatoms. The molecule has 0 aliphatic rings. The second kappa shape index (κ2) is 5.29. The van der Waals surface area contributed by atoms with Gasteiger partial charge in [-0.25, -0.2) is 4.79 Å². The Bertz CT molecular complexity index is 746. The van der Waals surface area contributed by atoms with Crippen LogP contribution in [0.25, 0.3) is 11.0 Å². The van der Waals surface area contributed by atoms with E-state index in [9.17, 15) is 9.59 Å². The van der Waals surface area contributed by atoms with Gasteiger partial charge in [0.15, 0.2) is 11.9 Å². The lowest BCUT2D eigenvalue weighted by molar-refractivity contribution is -0.122. The quantitative estimate of drug-likeness (QED) is 0.814. The summed E-state index contributed by atoms with van der Waals surface area (Å²) in [6.45, 7) is 6.62. The summed E-state index contributed by atoms with van der Waals surface area (Å²) in [4.78, 5) is 22.9. The SMILES string of the molecule is CC(=O)[C@H](C)Oc1cc2oc(=O)c(C)c(C)c2cc1Cl. The van der Waals surface area contributed by atoms with Gasteiger partial charge in [-0.3, -0.25) is 4.79 Å². The van der Waals surface area contributed by atoms with Gasteiger partial charge in [0.1, 0.15) is 11.3 Å². The molecule has 0 saturated carbocycles. The van der Waals surface area contributed by atoms with Crippen molar-refractivity contribution in [2.45, 2.75) is 33.8 Å². The standard InChI is InChI=1S/C15H15ClO4/c1-7-8(2)15(18)20-13-6-14(12(16)5-11(7)13)19-10(4)9(3)17/h5-6,10H,1-4H3/t10-/m0/s1. The molecule has 0 unspecified atom stereocenters. The van der Waals surface area contributed by atoms with Crippen LogP contribution in [0, 0.1) is 13.8 Å². The molecule has 0 fully saturated rings. The second-order valence-electron chi connectivity index (χ2n) is 4.79. The number of aryl methyl sites for hydroxylation is 1. The van der Waals surface area contributed by atoms with Crippen LogP contribution in [0.3, 0.4) is 0 Å². The molecule has 0 bridgehead atoms. The largest absolute Gasteiger partial charge is 0.481 e. The third-order valence-corrected chi connectivity index (χ3v) is 3.68. The number of hydrogen-bond acceptors (Lipinski definition) is 4. The maximum atomic E-state index is 11.7. The van der Waals surface area contributed by atoms with Crippen LogP contribution in [0.1, 0.15) is 25.0 Å². The summed E-state index contributed by atoms with van der Waals surface area (Å²) in [5, 5.41) is 1.14. The lowest BCUT2D eigenvalue weighted by Gasteiger charge is -2.14. The summed E-state index contributed by atoms with van der Waals surface area (Å²) in [5.41, 5.74) is 1.39. The number of halogens is 1. The molecule has 0 saturated heterocycles. The van der Waals surface area contributed by atoms with Gasteiger partial charge in [0.25, 0.3) is 0 Å². The zero-order valence-electron chi connectivity index (χ0n) is 11.7. The van der Waals surface area contributed by atoms with E-state index in [-0.39, 0.29) is 11.4 Å². The van der Waals surface area contributed by atoms with Crippen LogP contribution < -0.4 is 10.4 Å². The normalized spacial score (nSPS) is 12.4. The Kier molecular flexibility index (Phi) is 3.86. The molecule has 20 heavy (non-hydrogen) atoms. The fourth-order valence-electron chi connectivity index (χ4n) is 1.81. The Balaban J connectivity index is 2.60. The van der Waals surface area contributed by atoms with Gasteiger partial charge in [-0.15, -0.1) is 0 Å². The molecule has 1 heterocycles. The zero-order valence-corrected chi connectivity index (χ0v) is 12.5. The number of benzene rings is 1. The minimum atomic E-state index is -0.608. The van der Waals surface area contributed by atoms with E-state index in [0.29, 0.717) is 21.9 Å². The summed E-state index contributed by atoms with van der Waals surface area (Å²) >= 11 is 6.16. The average molecular weight is 295 g/mol. The number of Topliss-reactive ketones (excluding diaryl/α,β-unsaturated/α-hetero) is 1. The molecule has 0 radical (unpaired) electrons. The van der Waals surface area contributed by atoms with Crippen molar-refractivity contribution in [2.24, 2.45) is 0 Å². The molecule has 1 atom stereocenters. The number of fused-ring (bicyclic) bond motifs is 1. The van der Waals surface area contributed by atoms with E-state index < -0.39 is 6.10 Å². The fraction of sp³-hybridized carbons (Fsp3) is 0.333. The van der Waals surface area contributed by atoms with E-state index in [1.165, 1.54) is 6.92 Å². The average Bonchev–Trinajstić information content (AvgIpc) is 2.38. The first-order valence-corrected chi connectivity index (χ1v) is 6.59. The highest BCUT2D eigenvalue weighted by Gasteiger charge is 2.15. The van der Waals surface area contributed by atoms with E-state index >= 15 is 0 Å². The smallest absolute Gasteiger partial charge is 0.339 e. The van der Waals surface area contributed by atoms with Crippen molar-refractivity contribution in [3.63, 3.8) is 0 Å². The highest BCUT2D eigenvalue weighted by Crippen LogP contribution is 2.32. The predicted octanol–water partition coefficient (Wildman–Crippen LogP) is 3.42. The Morgan fingerprint density at radius 3 is 2.55 bits per heavy atom. The van der Waals surface area contributed by atoms with Crippen molar-refractivity contribution in [1.29, 1.82) is 0 Å². The number of ether oxygens (including phenoxy) is 1. The summed E-state index contributed by atoms with van der Waals surface area (Å²) < 4.78 is 10.7. The van der Waals surface area contributed by atoms with Crippen molar-refractivity contribution in [3.8, 4) is 5.75 Å². The first-order chi connectivity index (χ1) is 9.31. The number of carbonyl (C=O) groups excluding carboxylic acids is 1. The van der Waals surface area contributed by atoms with Gasteiger partial charge in [0, 0.05) is 17.0 Å². The van der Waals surface area contributed by atoms with Crippen molar-refractivity contribution in [1.82, 2.24) is 0 Å². The number of carbonyl (C=O) groups is 1. The van der Waals surface area contributed by atoms with Crippen LogP contribution in [0.15, 0.2) is 21.3 Å². The third-order valence-electron chi connectivity index (χ3n) is 3.39. The van der Waals surface area contributed by atoms with Gasteiger partial charge in [-0.05, 0) is 39.3 Å². The molecule has 0 amide bonds. The molecule has 1 aromatic heterocycles. The molecular formula is C15H15ClO4. The van der Waals surface area contributed by atoms with E-state index in [4.69, 9.17) is 20.8 Å². The summed E-state index contributed by atoms with van der Waals surface area (Å²) in [6, 6.07) is 3.23. The molecule has 0 aliphatic heterocycles. The highest BCUT2D eigenvalue weighted by molar-refractivity contribution is 6.32. The molecule has 106 valence electrons. The van der Waals surface area contributed by atoms with E-state index in [1.807, 2.05) is 6.92 Å². The van der Waals surface area contributed by atoms with Crippen molar-refractivity contribution < 1.29 is 13.9 Å². The molecule has 2 aromatic rings. The van der Waals surface area contributed by atoms with Crippen molar-refractivity contribution in [2.75, 3.05) is 0 Å². The van der Waals surface area contributed by atoms with Crippen LogP contribution in [0.5, 0.6) is 5.75 Å². The van der Waals surface area contributed by atoms with Gasteiger partial charge in [-0.1, -0.05) is 11.6 Å². The number of rotatable bonds is 3. The zero-order chi connectivity index (χ0) is 15.0. The molecule has 0 N–H and O–H groups in total. The molecule has 1 aromatic carbocycles. The third kappa shape index (κ3) is 2.56. The van der Waals surface area contributed by atoms with Crippen LogP contribution in [-0.4, -0.2) is 11.9 Å². The Labute approximate surface area is 121 Å². The predicted molar refractivity (Wildman–Crippen MR) is 77.7 cm³/mol. The van der Waals surface area contributed by atoms with Crippen LogP contribution in [-0.2, 0) is 4.79 Å². The minimum absolute atomic E-state index is 0.109. The highest BCUT2D eigenvalue weighted by atomic mass is 35.5. The van der Waals surface area contributed by atoms with E-state index in [0.717, 1.165) is 10.9 Å². The Morgan fingerprint density at radius 2 is 1.95 bits per heavy atom. The molecule has 4 nitrogen and oxygen atoms in total. The maximum absolute atomic E-state index is 11.7. The number of hydrogen-bond donors (Lipinski definition) is 0. The van der Waals surface area contributed by atoms with Crippen LogP contribution in [0.4, 0.5) is 0 Å². The van der Waals surface area contributed by atoms with Crippen LogP contribution in [0.2, 0.25) is 5.02 Å². The van der Waals surface area contributed by atoms with Crippen molar-refractivity contribution >= 4 is 28.4 Å². The van der Waals surface area contributed by atoms with E-state index in [1.54, 1.807) is 26.0 Å². The summed E-state index contributed by atoms with van der Waals surface area (Å²) in [6.07, 6.45) is -0.608. The van der Waals surface area contributed by atoms with E-state index in [2.05, 4.69) is 0 Å². The first-order valence-electron chi connectivity index (χ1n) is 6.22. The summed E-state index contributed by atoms with van der Waals surface area (Å²) in [7, 11) is 0. The van der Waals surface area contributed by atoms with Gasteiger partial charge < -0.3 is 9.15 Å². The molecule has 0 spiro atoms. The topological polar surface area (TPSA) is 56.5 Å². The second-order valence-corrected chi connectivity index (χ2v) is 5.20.